The van der Waals surface area contributed by atoms with Crippen LogP contribution in [0.25, 0.3) is 11.3 Å². The lowest BCUT2D eigenvalue weighted by Crippen LogP contribution is -2.48. The largest absolute Gasteiger partial charge is 0.465 e. The number of nitrogens with one attached hydrogen (secondary N) is 2. The topological polar surface area (TPSA) is 98.3 Å². The third kappa shape index (κ3) is 4.26. The van der Waals surface area contributed by atoms with Gasteiger partial charge in [-0.25, -0.2) is 9.69 Å². The van der Waals surface area contributed by atoms with Gasteiger partial charge in [0.25, 0.3) is 5.91 Å². The molecule has 2 amide bonds. The van der Waals surface area contributed by atoms with Crippen molar-refractivity contribution in [3.63, 3.8) is 0 Å². The van der Waals surface area contributed by atoms with E-state index < -0.39 is 12.0 Å². The molecule has 1 unspecified atom stereocenters. The van der Waals surface area contributed by atoms with Crippen molar-refractivity contribution in [2.24, 2.45) is 0 Å². The van der Waals surface area contributed by atoms with Crippen LogP contribution in [0.2, 0.25) is 0 Å². The number of benzene rings is 1. The molecule has 0 spiro atoms. The summed E-state index contributed by atoms with van der Waals surface area (Å²) in [6, 6.07) is 15.2. The quantitative estimate of drug-likeness (QED) is 0.522. The molecule has 0 saturated carbocycles. The van der Waals surface area contributed by atoms with Crippen LogP contribution in [0.1, 0.15) is 34.5 Å². The number of nitrogens with zero attached hydrogens (tertiary/aromatic N) is 2. The molecule has 2 aromatic heterocycles. The Morgan fingerprint density at radius 3 is 2.70 bits per heavy atom. The minimum Gasteiger partial charge on any atom is -0.465 e. The Morgan fingerprint density at radius 2 is 1.97 bits per heavy atom. The lowest BCUT2D eigenvalue weighted by Gasteiger charge is -2.31. The lowest BCUT2D eigenvalue weighted by molar-refractivity contribution is 0.0628. The summed E-state index contributed by atoms with van der Waals surface area (Å²) in [6.45, 7) is 1.52. The fourth-order valence-electron chi connectivity index (χ4n) is 3.92. The highest BCUT2D eigenvalue weighted by atomic mass is 16.4. The summed E-state index contributed by atoms with van der Waals surface area (Å²) in [5.74, 6) is -0.456. The monoisotopic (exact) mass is 404 g/mol. The Morgan fingerprint density at radius 1 is 1.20 bits per heavy atom. The summed E-state index contributed by atoms with van der Waals surface area (Å²) >= 11 is 0. The van der Waals surface area contributed by atoms with Gasteiger partial charge in [-0.3, -0.25) is 9.78 Å². The fourth-order valence-corrected chi connectivity index (χ4v) is 3.92. The minimum absolute atomic E-state index is 0.370. The molecule has 1 atom stereocenters. The Hall–Kier alpha value is -3.45. The average Bonchev–Trinajstić information content (AvgIpc) is 3.19. The zero-order valence-corrected chi connectivity index (χ0v) is 16.5. The predicted octanol–water partition coefficient (Wildman–Crippen LogP) is 3.69. The standard InChI is InChI=1S/C23H24N4O3/c28-22-19-14-20(17-8-11-24-12-9-17)26-21(19)13-18(27(22)23(29)30)7-4-10-25-15-16-5-2-1-3-6-16/h1-3,5-6,8-9,11-12,14,18,25-26H,4,7,10,13,15H2,(H,29,30). The number of H-pyrrole nitrogens is 1. The molecule has 1 aliphatic rings. The molecule has 0 aliphatic carbocycles. The number of hydrogen-bond donors (Lipinski definition) is 3. The number of amides is 2. The number of aromatic amines is 1. The van der Waals surface area contributed by atoms with Crippen LogP contribution in [0, 0.1) is 0 Å². The van der Waals surface area contributed by atoms with Gasteiger partial charge in [0.15, 0.2) is 0 Å². The summed E-state index contributed by atoms with van der Waals surface area (Å²) in [7, 11) is 0. The number of hydrogen-bond acceptors (Lipinski definition) is 4. The number of pyridine rings is 1. The van der Waals surface area contributed by atoms with Crippen LogP contribution in [0.4, 0.5) is 4.79 Å². The van der Waals surface area contributed by atoms with E-state index in [0.29, 0.717) is 18.4 Å². The van der Waals surface area contributed by atoms with E-state index in [1.165, 1.54) is 5.56 Å². The number of fused-ring (bicyclic) bond motifs is 1. The minimum atomic E-state index is -1.19. The first-order chi connectivity index (χ1) is 14.6. The summed E-state index contributed by atoms with van der Waals surface area (Å²) < 4.78 is 0. The van der Waals surface area contributed by atoms with E-state index in [-0.39, 0.29) is 6.04 Å². The lowest BCUT2D eigenvalue weighted by atomic mass is 9.96. The van der Waals surface area contributed by atoms with Gasteiger partial charge < -0.3 is 15.4 Å². The van der Waals surface area contributed by atoms with E-state index in [1.807, 2.05) is 30.3 Å². The van der Waals surface area contributed by atoms with Crippen molar-refractivity contribution in [2.45, 2.75) is 31.8 Å². The predicted molar refractivity (Wildman–Crippen MR) is 113 cm³/mol. The second-order valence-corrected chi connectivity index (χ2v) is 7.43. The first-order valence-corrected chi connectivity index (χ1v) is 10.1. The van der Waals surface area contributed by atoms with Crippen LogP contribution in [0.3, 0.4) is 0 Å². The molecule has 3 N–H and O–H groups in total. The van der Waals surface area contributed by atoms with Crippen LogP contribution in [-0.2, 0) is 13.0 Å². The van der Waals surface area contributed by atoms with Gasteiger partial charge in [-0.05, 0) is 43.1 Å². The molecule has 7 nitrogen and oxygen atoms in total. The highest BCUT2D eigenvalue weighted by Crippen LogP contribution is 2.30. The molecular weight excluding hydrogens is 380 g/mol. The van der Waals surface area contributed by atoms with Gasteiger partial charge in [0.1, 0.15) is 0 Å². The summed E-state index contributed by atoms with van der Waals surface area (Å²) in [4.78, 5) is 33.0. The summed E-state index contributed by atoms with van der Waals surface area (Å²) in [6.07, 6.45) is 4.07. The average molecular weight is 404 g/mol. The smallest absolute Gasteiger partial charge is 0.414 e. The third-order valence-corrected chi connectivity index (χ3v) is 5.41. The molecule has 4 rings (SSSR count). The highest BCUT2D eigenvalue weighted by Gasteiger charge is 2.37. The molecule has 0 bridgehead atoms. The van der Waals surface area contributed by atoms with E-state index in [9.17, 15) is 14.7 Å². The van der Waals surface area contributed by atoms with E-state index in [0.717, 1.165) is 41.4 Å². The molecule has 0 saturated heterocycles. The Labute approximate surface area is 174 Å². The van der Waals surface area contributed by atoms with Crippen LogP contribution in [0.15, 0.2) is 60.9 Å². The maximum atomic E-state index is 12.9. The molecule has 1 aromatic carbocycles. The zero-order chi connectivity index (χ0) is 20.9. The van der Waals surface area contributed by atoms with Crippen molar-refractivity contribution in [3.05, 3.63) is 77.7 Å². The Balaban J connectivity index is 1.41. The molecule has 3 aromatic rings. The van der Waals surface area contributed by atoms with Crippen molar-refractivity contribution < 1.29 is 14.7 Å². The van der Waals surface area contributed by atoms with E-state index in [1.54, 1.807) is 18.5 Å². The summed E-state index contributed by atoms with van der Waals surface area (Å²) in [5.41, 5.74) is 4.15. The molecular formula is C23H24N4O3. The number of aromatic nitrogens is 2. The number of imide groups is 1. The fraction of sp³-hybridized carbons (Fsp3) is 0.261. The van der Waals surface area contributed by atoms with E-state index >= 15 is 0 Å². The molecule has 154 valence electrons. The van der Waals surface area contributed by atoms with Gasteiger partial charge in [0, 0.05) is 48.4 Å². The second-order valence-electron chi connectivity index (χ2n) is 7.43. The zero-order valence-electron chi connectivity index (χ0n) is 16.5. The van der Waals surface area contributed by atoms with E-state index in [4.69, 9.17) is 0 Å². The first-order valence-electron chi connectivity index (χ1n) is 10.1. The third-order valence-electron chi connectivity index (χ3n) is 5.41. The maximum Gasteiger partial charge on any atom is 0.414 e. The first kappa shape index (κ1) is 19.8. The molecule has 30 heavy (non-hydrogen) atoms. The summed E-state index contributed by atoms with van der Waals surface area (Å²) in [5, 5.41) is 13.0. The molecule has 1 aliphatic heterocycles. The Kier molecular flexibility index (Phi) is 5.90. The van der Waals surface area contributed by atoms with Crippen molar-refractivity contribution >= 4 is 12.0 Å². The van der Waals surface area contributed by atoms with Gasteiger partial charge in [-0.15, -0.1) is 0 Å². The number of carbonyl (C=O) groups excluding carboxylic acids is 1. The maximum absolute atomic E-state index is 12.9. The van der Waals surface area contributed by atoms with Gasteiger partial charge in [-0.1, -0.05) is 30.3 Å². The number of carboxylic acid groups (broad SMARTS) is 1. The van der Waals surface area contributed by atoms with Crippen LogP contribution >= 0.6 is 0 Å². The highest BCUT2D eigenvalue weighted by molar-refractivity contribution is 6.05. The van der Waals surface area contributed by atoms with Gasteiger partial charge in [0.05, 0.1) is 5.56 Å². The van der Waals surface area contributed by atoms with Gasteiger partial charge >= 0.3 is 6.09 Å². The van der Waals surface area contributed by atoms with Crippen LogP contribution in [-0.4, -0.2) is 44.6 Å². The molecule has 0 fully saturated rings. The van der Waals surface area contributed by atoms with Crippen molar-refractivity contribution in [1.82, 2.24) is 20.2 Å². The number of carbonyl (C=O) groups is 2. The van der Waals surface area contributed by atoms with Crippen molar-refractivity contribution in [1.29, 1.82) is 0 Å². The SMILES string of the molecule is O=C(O)N1C(=O)c2cc(-c3ccncc3)[nH]c2CC1CCCNCc1ccccc1. The van der Waals surface area contributed by atoms with Gasteiger partial charge in [0.2, 0.25) is 0 Å². The Bertz CT molecular complexity index is 1020. The number of rotatable bonds is 7. The normalized spacial score (nSPS) is 15.8. The van der Waals surface area contributed by atoms with E-state index in [2.05, 4.69) is 27.4 Å². The molecule has 3 heterocycles. The van der Waals surface area contributed by atoms with Crippen molar-refractivity contribution in [2.75, 3.05) is 6.54 Å². The molecule has 0 radical (unpaired) electrons. The van der Waals surface area contributed by atoms with Crippen molar-refractivity contribution in [3.8, 4) is 11.3 Å². The van der Waals surface area contributed by atoms with Crippen LogP contribution < -0.4 is 5.32 Å². The second kappa shape index (κ2) is 8.92. The molecule has 7 heteroatoms. The van der Waals surface area contributed by atoms with Crippen LogP contribution in [0.5, 0.6) is 0 Å². The van der Waals surface area contributed by atoms with Gasteiger partial charge in [-0.2, -0.15) is 0 Å².